The molecule has 0 radical (unpaired) electrons. The zero-order valence-corrected chi connectivity index (χ0v) is 21.4. The van der Waals surface area contributed by atoms with Gasteiger partial charge in [-0.05, 0) is 80.0 Å². The van der Waals surface area contributed by atoms with Crippen LogP contribution in [-0.2, 0) is 11.2 Å². The van der Waals surface area contributed by atoms with Crippen LogP contribution in [0.4, 0.5) is 0 Å². The van der Waals surface area contributed by atoms with Crippen molar-refractivity contribution in [1.82, 2.24) is 14.9 Å². The summed E-state index contributed by atoms with van der Waals surface area (Å²) in [6.45, 7) is 12.6. The van der Waals surface area contributed by atoms with Gasteiger partial charge in [0.25, 0.3) is 0 Å². The number of amides is 1. The third-order valence-electron chi connectivity index (χ3n) is 6.58. The number of imidazole rings is 1. The third-order valence-corrected chi connectivity index (χ3v) is 6.58. The predicted octanol–water partition coefficient (Wildman–Crippen LogP) is 6.71. The molecule has 2 heterocycles. The van der Waals surface area contributed by atoms with Gasteiger partial charge in [-0.3, -0.25) is 4.79 Å². The number of H-pyrrole nitrogens is 1. The van der Waals surface area contributed by atoms with E-state index in [1.165, 1.54) is 36.0 Å². The number of ether oxygens (including phenoxy) is 1. The monoisotopic (exact) mass is 461 g/mol. The van der Waals surface area contributed by atoms with E-state index in [1.807, 2.05) is 30.9 Å². The van der Waals surface area contributed by atoms with Crippen molar-refractivity contribution < 1.29 is 9.53 Å². The molecular formula is C29H39N3O2. The molecule has 0 unspecified atom stereocenters. The van der Waals surface area contributed by atoms with Crippen molar-refractivity contribution in [1.29, 1.82) is 0 Å². The molecule has 0 bridgehead atoms. The van der Waals surface area contributed by atoms with Crippen LogP contribution in [0.25, 0.3) is 22.2 Å². The number of aromatic amines is 1. The molecule has 1 aliphatic heterocycles. The van der Waals surface area contributed by atoms with Gasteiger partial charge in [0.15, 0.2) is 0 Å². The maximum Gasteiger partial charge on any atom is 0.219 e. The number of benzene rings is 2. The van der Waals surface area contributed by atoms with Gasteiger partial charge in [-0.2, -0.15) is 0 Å². The number of nitrogens with one attached hydrogen (secondary N) is 1. The Kier molecular flexibility index (Phi) is 9.32. The van der Waals surface area contributed by atoms with Gasteiger partial charge in [-0.15, -0.1) is 0 Å². The Labute approximate surface area is 204 Å². The van der Waals surface area contributed by atoms with Crippen molar-refractivity contribution >= 4 is 16.9 Å². The Bertz CT molecular complexity index is 1110. The van der Waals surface area contributed by atoms with Gasteiger partial charge >= 0.3 is 0 Å². The van der Waals surface area contributed by atoms with Gasteiger partial charge in [0.1, 0.15) is 18.2 Å². The summed E-state index contributed by atoms with van der Waals surface area (Å²) in [5, 5.41) is 0. The zero-order chi connectivity index (χ0) is 24.5. The van der Waals surface area contributed by atoms with Crippen LogP contribution in [0.2, 0.25) is 0 Å². The van der Waals surface area contributed by atoms with E-state index in [1.54, 1.807) is 6.92 Å². The maximum absolute atomic E-state index is 10.9. The van der Waals surface area contributed by atoms with Crippen molar-refractivity contribution in [3.63, 3.8) is 0 Å². The summed E-state index contributed by atoms with van der Waals surface area (Å²) in [6.07, 6.45) is 8.64. The molecule has 1 amide bonds. The second-order valence-corrected chi connectivity index (χ2v) is 8.97. The van der Waals surface area contributed by atoms with E-state index in [4.69, 9.17) is 4.74 Å². The number of hydrogen-bond donors (Lipinski definition) is 1. The van der Waals surface area contributed by atoms with Gasteiger partial charge in [0.05, 0.1) is 11.0 Å². The minimum atomic E-state index is 0.236. The van der Waals surface area contributed by atoms with E-state index >= 15 is 0 Å². The van der Waals surface area contributed by atoms with Gasteiger partial charge in [-0.25, -0.2) is 4.98 Å². The highest BCUT2D eigenvalue weighted by molar-refractivity contribution is 5.82. The molecule has 1 saturated heterocycles. The highest BCUT2D eigenvalue weighted by Gasteiger charge is 2.18. The molecule has 4 rings (SSSR count). The van der Waals surface area contributed by atoms with Crippen molar-refractivity contribution in [2.75, 3.05) is 19.7 Å². The summed E-state index contributed by atoms with van der Waals surface area (Å²) in [4.78, 5) is 20.6. The van der Waals surface area contributed by atoms with Crippen molar-refractivity contribution in [3.05, 3.63) is 59.9 Å². The third kappa shape index (κ3) is 6.72. The lowest BCUT2D eigenvalue weighted by atomic mass is 9.94. The number of allylic oxidation sites excluding steroid dienone is 1. The molecule has 0 aliphatic carbocycles. The summed E-state index contributed by atoms with van der Waals surface area (Å²) in [5.41, 5.74) is 5.71. The van der Waals surface area contributed by atoms with Crippen LogP contribution in [0.3, 0.4) is 0 Å². The summed E-state index contributed by atoms with van der Waals surface area (Å²) in [5.74, 6) is 3.01. The second kappa shape index (κ2) is 12.4. The number of hydrogen-bond acceptors (Lipinski definition) is 3. The van der Waals surface area contributed by atoms with E-state index < -0.39 is 0 Å². The molecule has 2 aromatic carbocycles. The Morgan fingerprint density at radius 1 is 1.15 bits per heavy atom. The lowest BCUT2D eigenvalue weighted by molar-refractivity contribution is -0.130. The maximum atomic E-state index is 10.9. The summed E-state index contributed by atoms with van der Waals surface area (Å²) >= 11 is 0. The van der Waals surface area contributed by atoms with Crippen LogP contribution in [0.15, 0.2) is 48.6 Å². The number of carbonyl (C=O) groups is 1. The second-order valence-electron chi connectivity index (χ2n) is 8.97. The predicted molar refractivity (Wildman–Crippen MR) is 141 cm³/mol. The zero-order valence-electron chi connectivity index (χ0n) is 21.4. The average Bonchev–Trinajstić information content (AvgIpc) is 3.24. The number of fused-ring (bicyclic) bond motifs is 1. The fourth-order valence-corrected chi connectivity index (χ4v) is 4.38. The molecular weight excluding hydrogens is 422 g/mol. The topological polar surface area (TPSA) is 58.2 Å². The number of nitrogens with zero attached hydrogens (tertiary/aromatic N) is 2. The fraction of sp³-hybridized carbons (Fsp3) is 0.448. The number of carbonyl (C=O) groups excluding carboxylic acids is 1. The van der Waals surface area contributed by atoms with Crippen molar-refractivity contribution in [2.45, 2.75) is 60.3 Å². The standard InChI is InChI=1S/C20H22N2O.C9H17NO/c1-4-6-11-23-20-10-8-16(12-15(20)5-2)17-7-9-18-19(13-17)22-14(3)21-18;1-3-9-4-6-10(7-5-9)8(2)11/h4,6-10,12-13H,5,11H2,1-3H3,(H,21,22);9H,3-7H2,1-2H3/b6-4-;. The van der Waals surface area contributed by atoms with Gasteiger partial charge in [0, 0.05) is 20.0 Å². The Balaban J connectivity index is 0.000000248. The highest BCUT2D eigenvalue weighted by atomic mass is 16.5. The van der Waals surface area contributed by atoms with Crippen LogP contribution in [0, 0.1) is 12.8 Å². The minimum Gasteiger partial charge on any atom is -0.489 e. The van der Waals surface area contributed by atoms with Crippen LogP contribution >= 0.6 is 0 Å². The van der Waals surface area contributed by atoms with E-state index in [-0.39, 0.29) is 5.91 Å². The van der Waals surface area contributed by atoms with Crippen LogP contribution < -0.4 is 4.74 Å². The Hall–Kier alpha value is -3.08. The number of rotatable bonds is 6. The van der Waals surface area contributed by atoms with Crippen molar-refractivity contribution in [3.8, 4) is 16.9 Å². The first-order chi connectivity index (χ1) is 16.4. The smallest absolute Gasteiger partial charge is 0.219 e. The Morgan fingerprint density at radius 2 is 1.85 bits per heavy atom. The number of piperidine rings is 1. The average molecular weight is 462 g/mol. The summed E-state index contributed by atoms with van der Waals surface area (Å²) in [6, 6.07) is 12.8. The molecule has 1 fully saturated rings. The summed E-state index contributed by atoms with van der Waals surface area (Å²) < 4.78 is 5.83. The summed E-state index contributed by atoms with van der Waals surface area (Å²) in [7, 11) is 0. The minimum absolute atomic E-state index is 0.236. The van der Waals surface area contributed by atoms with Gasteiger partial charge in [0.2, 0.25) is 5.91 Å². The first-order valence-corrected chi connectivity index (χ1v) is 12.5. The molecule has 0 atom stereocenters. The fourth-order valence-electron chi connectivity index (χ4n) is 4.38. The number of aryl methyl sites for hydroxylation is 2. The molecule has 3 aromatic rings. The van der Waals surface area contributed by atoms with Crippen LogP contribution in [0.5, 0.6) is 5.75 Å². The molecule has 1 aliphatic rings. The van der Waals surface area contributed by atoms with Crippen LogP contribution in [-0.4, -0.2) is 40.5 Å². The highest BCUT2D eigenvalue weighted by Crippen LogP contribution is 2.29. The lowest BCUT2D eigenvalue weighted by Gasteiger charge is -2.30. The number of aromatic nitrogens is 2. The van der Waals surface area contributed by atoms with E-state index in [0.717, 1.165) is 48.0 Å². The van der Waals surface area contributed by atoms with Gasteiger partial charge < -0.3 is 14.6 Å². The molecule has 0 spiro atoms. The lowest BCUT2D eigenvalue weighted by Crippen LogP contribution is -2.36. The van der Waals surface area contributed by atoms with Gasteiger partial charge in [-0.1, -0.05) is 44.6 Å². The molecule has 1 aromatic heterocycles. The van der Waals surface area contributed by atoms with E-state index in [0.29, 0.717) is 6.61 Å². The van der Waals surface area contributed by atoms with E-state index in [2.05, 4.69) is 60.2 Å². The molecule has 5 nitrogen and oxygen atoms in total. The quantitative estimate of drug-likeness (QED) is 0.415. The molecule has 0 saturated carbocycles. The molecule has 1 N–H and O–H groups in total. The Morgan fingerprint density at radius 3 is 2.50 bits per heavy atom. The number of likely N-dealkylation sites (tertiary alicyclic amines) is 1. The van der Waals surface area contributed by atoms with Crippen molar-refractivity contribution in [2.24, 2.45) is 5.92 Å². The molecule has 182 valence electrons. The molecule has 34 heavy (non-hydrogen) atoms. The normalized spacial score (nSPS) is 14.3. The van der Waals surface area contributed by atoms with E-state index in [9.17, 15) is 4.79 Å². The first kappa shape index (κ1) is 25.5. The molecule has 5 heteroatoms. The largest absolute Gasteiger partial charge is 0.489 e. The first-order valence-electron chi connectivity index (χ1n) is 12.5. The van der Waals surface area contributed by atoms with Crippen LogP contribution in [0.1, 0.15) is 58.3 Å². The SMILES string of the molecule is C/C=C\COc1ccc(-c2ccc3nc(C)[nH]c3c2)cc1CC.CCC1CCN(C(C)=O)CC1.